The highest BCUT2D eigenvalue weighted by atomic mass is 16.1. The zero-order chi connectivity index (χ0) is 19.3. The van der Waals surface area contributed by atoms with Crippen LogP contribution in [-0.2, 0) is 13.1 Å². The summed E-state index contributed by atoms with van der Waals surface area (Å²) in [7, 11) is 0. The molecule has 1 aromatic carbocycles. The Labute approximate surface area is 165 Å². The second-order valence-corrected chi connectivity index (χ2v) is 7.07. The molecule has 6 nitrogen and oxygen atoms in total. The summed E-state index contributed by atoms with van der Waals surface area (Å²) in [4.78, 5) is 19.7. The molecule has 1 atom stereocenters. The molecule has 0 radical (unpaired) electrons. The van der Waals surface area contributed by atoms with Crippen LogP contribution in [0.3, 0.4) is 0 Å². The second-order valence-electron chi connectivity index (χ2n) is 7.07. The van der Waals surface area contributed by atoms with Crippen LogP contribution in [0, 0.1) is 0 Å². The summed E-state index contributed by atoms with van der Waals surface area (Å²) in [5, 5.41) is 7.15. The van der Waals surface area contributed by atoms with Crippen LogP contribution in [0.4, 0.5) is 5.82 Å². The Morgan fingerprint density at radius 1 is 1.18 bits per heavy atom. The lowest BCUT2D eigenvalue weighted by molar-refractivity contribution is 0.102. The van der Waals surface area contributed by atoms with Gasteiger partial charge < -0.3 is 5.32 Å². The molecule has 144 valence electrons. The Bertz CT molecular complexity index is 937. The van der Waals surface area contributed by atoms with Gasteiger partial charge in [-0.15, -0.1) is 0 Å². The van der Waals surface area contributed by atoms with E-state index in [1.807, 2.05) is 49.5 Å². The van der Waals surface area contributed by atoms with Crippen LogP contribution in [0.15, 0.2) is 60.9 Å². The molecular formula is C22H25N5O. The van der Waals surface area contributed by atoms with E-state index in [2.05, 4.69) is 32.4 Å². The largest absolute Gasteiger partial charge is 0.307 e. The Morgan fingerprint density at radius 2 is 2.11 bits per heavy atom. The van der Waals surface area contributed by atoms with E-state index < -0.39 is 0 Å². The molecule has 1 amide bonds. The molecule has 1 saturated heterocycles. The number of rotatable bonds is 6. The number of carbonyl (C=O) groups excluding carboxylic acids is 1. The first-order valence-corrected chi connectivity index (χ1v) is 9.81. The van der Waals surface area contributed by atoms with E-state index in [0.29, 0.717) is 24.0 Å². The molecule has 2 aromatic heterocycles. The number of hydrogen-bond donors (Lipinski definition) is 1. The molecular weight excluding hydrogens is 350 g/mol. The molecule has 1 aliphatic heterocycles. The van der Waals surface area contributed by atoms with Crippen LogP contribution in [0.5, 0.6) is 0 Å². The zero-order valence-corrected chi connectivity index (χ0v) is 16.1. The van der Waals surface area contributed by atoms with Gasteiger partial charge in [0.05, 0.1) is 17.9 Å². The highest BCUT2D eigenvalue weighted by molar-refractivity contribution is 6.03. The van der Waals surface area contributed by atoms with Gasteiger partial charge in [0.25, 0.3) is 5.91 Å². The quantitative estimate of drug-likeness (QED) is 0.710. The standard InChI is InChI=1S/C22H25N5O/c1-2-27-21(11-13-24-27)25-22(28)18-8-5-7-17(15-18)16-26-14-6-10-20(26)19-9-3-4-12-23-19/h3-5,7-9,11-13,15,20H,2,6,10,14,16H2,1H3,(H,25,28)/t20-/m0/s1. The number of aromatic nitrogens is 3. The van der Waals surface area contributed by atoms with E-state index in [4.69, 9.17) is 0 Å². The van der Waals surface area contributed by atoms with Crippen LogP contribution in [0.2, 0.25) is 0 Å². The van der Waals surface area contributed by atoms with Gasteiger partial charge >= 0.3 is 0 Å². The number of anilines is 1. The lowest BCUT2D eigenvalue weighted by Gasteiger charge is -2.24. The minimum Gasteiger partial charge on any atom is -0.307 e. The van der Waals surface area contributed by atoms with Gasteiger partial charge in [0.15, 0.2) is 0 Å². The fraction of sp³-hybridized carbons (Fsp3) is 0.318. The number of amides is 1. The van der Waals surface area contributed by atoms with Gasteiger partial charge in [-0.3, -0.25) is 14.7 Å². The second kappa shape index (κ2) is 8.35. The number of carbonyl (C=O) groups is 1. The average Bonchev–Trinajstić information content (AvgIpc) is 3.38. The van der Waals surface area contributed by atoms with E-state index in [-0.39, 0.29) is 5.91 Å². The maximum Gasteiger partial charge on any atom is 0.256 e. The van der Waals surface area contributed by atoms with Crippen molar-refractivity contribution in [3.8, 4) is 0 Å². The first-order valence-electron chi connectivity index (χ1n) is 9.81. The lowest BCUT2D eigenvalue weighted by Crippen LogP contribution is -2.23. The summed E-state index contributed by atoms with van der Waals surface area (Å²) in [5.41, 5.74) is 2.93. The summed E-state index contributed by atoms with van der Waals surface area (Å²) in [6, 6.07) is 16.1. The fourth-order valence-corrected chi connectivity index (χ4v) is 3.85. The predicted molar refractivity (Wildman–Crippen MR) is 109 cm³/mol. The van der Waals surface area contributed by atoms with Gasteiger partial charge in [0, 0.05) is 30.9 Å². The lowest BCUT2D eigenvalue weighted by atomic mass is 10.1. The molecule has 0 aliphatic carbocycles. The summed E-state index contributed by atoms with van der Waals surface area (Å²) < 4.78 is 1.77. The van der Waals surface area contributed by atoms with Crippen LogP contribution >= 0.6 is 0 Å². The van der Waals surface area contributed by atoms with E-state index in [1.54, 1.807) is 10.9 Å². The number of aryl methyl sites for hydroxylation is 1. The molecule has 4 rings (SSSR count). The van der Waals surface area contributed by atoms with Crippen molar-refractivity contribution in [2.75, 3.05) is 11.9 Å². The highest BCUT2D eigenvalue weighted by Gasteiger charge is 2.26. The van der Waals surface area contributed by atoms with Crippen molar-refractivity contribution in [2.45, 2.75) is 38.9 Å². The Hall–Kier alpha value is -2.99. The third-order valence-electron chi connectivity index (χ3n) is 5.23. The van der Waals surface area contributed by atoms with Gasteiger partial charge in [0.2, 0.25) is 0 Å². The normalized spacial score (nSPS) is 17.0. The van der Waals surface area contributed by atoms with E-state index in [9.17, 15) is 4.79 Å². The molecule has 0 spiro atoms. The molecule has 3 aromatic rings. The van der Waals surface area contributed by atoms with Gasteiger partial charge in [0.1, 0.15) is 5.82 Å². The first kappa shape index (κ1) is 18.4. The molecule has 0 bridgehead atoms. The Morgan fingerprint density at radius 3 is 2.93 bits per heavy atom. The number of pyridine rings is 1. The van der Waals surface area contributed by atoms with Gasteiger partial charge in [-0.05, 0) is 56.1 Å². The number of benzene rings is 1. The minimum absolute atomic E-state index is 0.111. The van der Waals surface area contributed by atoms with Crippen molar-refractivity contribution < 1.29 is 4.79 Å². The summed E-state index contributed by atoms with van der Waals surface area (Å²) in [5.74, 6) is 0.604. The zero-order valence-electron chi connectivity index (χ0n) is 16.1. The molecule has 28 heavy (non-hydrogen) atoms. The van der Waals surface area contributed by atoms with E-state index >= 15 is 0 Å². The fourth-order valence-electron chi connectivity index (χ4n) is 3.85. The van der Waals surface area contributed by atoms with Crippen LogP contribution in [0.25, 0.3) is 0 Å². The Kier molecular flexibility index (Phi) is 5.48. The average molecular weight is 375 g/mol. The van der Waals surface area contributed by atoms with Crippen LogP contribution in [0.1, 0.15) is 47.4 Å². The maximum atomic E-state index is 12.7. The number of nitrogens with one attached hydrogen (secondary N) is 1. The molecule has 0 unspecified atom stereocenters. The summed E-state index contributed by atoms with van der Waals surface area (Å²) in [6.07, 6.45) is 5.85. The van der Waals surface area contributed by atoms with Crippen LogP contribution in [-0.4, -0.2) is 32.1 Å². The predicted octanol–water partition coefficient (Wildman–Crippen LogP) is 3.89. The van der Waals surface area contributed by atoms with Crippen molar-refractivity contribution in [1.82, 2.24) is 19.7 Å². The van der Waals surface area contributed by atoms with E-state index in [1.165, 1.54) is 6.42 Å². The molecule has 3 heterocycles. The van der Waals surface area contributed by atoms with Crippen molar-refractivity contribution >= 4 is 11.7 Å². The van der Waals surface area contributed by atoms with Crippen molar-refractivity contribution in [3.63, 3.8) is 0 Å². The SMILES string of the molecule is CCn1nccc1NC(=O)c1cccc(CN2CCC[C@H]2c2ccccn2)c1. The molecule has 0 saturated carbocycles. The molecule has 1 fully saturated rings. The summed E-state index contributed by atoms with van der Waals surface area (Å²) in [6.45, 7) is 4.58. The van der Waals surface area contributed by atoms with Crippen molar-refractivity contribution in [1.29, 1.82) is 0 Å². The third-order valence-corrected chi connectivity index (χ3v) is 5.23. The van der Waals surface area contributed by atoms with Gasteiger partial charge in [-0.1, -0.05) is 18.2 Å². The van der Waals surface area contributed by atoms with Crippen molar-refractivity contribution in [2.24, 2.45) is 0 Å². The smallest absolute Gasteiger partial charge is 0.256 e. The first-order chi connectivity index (χ1) is 13.7. The topological polar surface area (TPSA) is 63.1 Å². The molecule has 1 N–H and O–H groups in total. The molecule has 6 heteroatoms. The van der Waals surface area contributed by atoms with Gasteiger partial charge in [-0.2, -0.15) is 5.10 Å². The monoisotopic (exact) mass is 375 g/mol. The third kappa shape index (κ3) is 3.97. The maximum absolute atomic E-state index is 12.7. The Balaban J connectivity index is 1.47. The summed E-state index contributed by atoms with van der Waals surface area (Å²) >= 11 is 0. The minimum atomic E-state index is -0.111. The number of likely N-dealkylation sites (tertiary alicyclic amines) is 1. The van der Waals surface area contributed by atoms with Crippen LogP contribution < -0.4 is 5.32 Å². The van der Waals surface area contributed by atoms with Gasteiger partial charge in [-0.25, -0.2) is 4.68 Å². The van der Waals surface area contributed by atoms with Crippen molar-refractivity contribution in [3.05, 3.63) is 77.7 Å². The highest BCUT2D eigenvalue weighted by Crippen LogP contribution is 2.32. The van der Waals surface area contributed by atoms with E-state index in [0.717, 1.165) is 30.8 Å². The number of hydrogen-bond acceptors (Lipinski definition) is 4. The number of nitrogens with zero attached hydrogens (tertiary/aromatic N) is 4. The molecule has 1 aliphatic rings.